The van der Waals surface area contributed by atoms with E-state index in [-0.39, 0.29) is 0 Å². The first kappa shape index (κ1) is 7.10. The van der Waals surface area contributed by atoms with Crippen molar-refractivity contribution in [2.75, 3.05) is 0 Å². The summed E-state index contributed by atoms with van der Waals surface area (Å²) in [6, 6.07) is 10.00. The highest BCUT2D eigenvalue weighted by molar-refractivity contribution is 5.80. The van der Waals surface area contributed by atoms with Gasteiger partial charge >= 0.3 is 0 Å². The van der Waals surface area contributed by atoms with Crippen LogP contribution in [-0.2, 0) is 11.2 Å². The van der Waals surface area contributed by atoms with Crippen molar-refractivity contribution in [1.82, 2.24) is 4.98 Å². The molecule has 0 aliphatic carbocycles. The Morgan fingerprint density at radius 2 is 2.17 bits per heavy atom. The van der Waals surface area contributed by atoms with E-state index in [1.54, 1.807) is 0 Å². The number of rotatable bonds is 2. The van der Waals surface area contributed by atoms with E-state index in [1.807, 2.05) is 30.3 Å². The molecule has 1 N–H and O–H groups in total. The number of aromatic amines is 1. The second-order valence-corrected chi connectivity index (χ2v) is 2.75. The number of benzene rings is 1. The Bertz CT molecular complexity index is 370. The fraction of sp³-hybridized carbons (Fsp3) is 0.100. The summed E-state index contributed by atoms with van der Waals surface area (Å²) in [5, 5.41) is 1.16. The van der Waals surface area contributed by atoms with Gasteiger partial charge in [0, 0.05) is 17.6 Å². The molecule has 12 heavy (non-hydrogen) atoms. The van der Waals surface area contributed by atoms with Crippen molar-refractivity contribution in [3.05, 3.63) is 36.0 Å². The van der Waals surface area contributed by atoms with E-state index >= 15 is 0 Å². The number of fused-ring (bicyclic) bond motifs is 1. The van der Waals surface area contributed by atoms with Crippen LogP contribution in [0.15, 0.2) is 30.3 Å². The first-order valence-electron chi connectivity index (χ1n) is 3.90. The van der Waals surface area contributed by atoms with Crippen molar-refractivity contribution < 1.29 is 4.79 Å². The molecular weight excluding hydrogens is 150 g/mol. The van der Waals surface area contributed by atoms with Crippen LogP contribution in [0, 0.1) is 0 Å². The molecule has 2 aromatic rings. The summed E-state index contributed by atoms with van der Waals surface area (Å²) in [6.07, 6.45) is 1.37. The molecule has 0 spiro atoms. The van der Waals surface area contributed by atoms with E-state index in [2.05, 4.69) is 4.98 Å². The van der Waals surface area contributed by atoms with Crippen LogP contribution in [0.25, 0.3) is 10.9 Å². The van der Waals surface area contributed by atoms with E-state index in [0.29, 0.717) is 6.42 Å². The zero-order chi connectivity index (χ0) is 8.39. The van der Waals surface area contributed by atoms with Crippen LogP contribution < -0.4 is 0 Å². The topological polar surface area (TPSA) is 32.9 Å². The minimum absolute atomic E-state index is 0.467. The quantitative estimate of drug-likeness (QED) is 0.667. The van der Waals surface area contributed by atoms with E-state index < -0.39 is 0 Å². The molecule has 0 saturated carbocycles. The molecule has 2 rings (SSSR count). The van der Waals surface area contributed by atoms with Gasteiger partial charge in [-0.25, -0.2) is 0 Å². The molecule has 0 aliphatic rings. The number of nitrogens with one attached hydrogen (secondary N) is 1. The Hall–Kier alpha value is -1.57. The van der Waals surface area contributed by atoms with Crippen LogP contribution in [0.3, 0.4) is 0 Å². The lowest BCUT2D eigenvalue weighted by molar-refractivity contribution is -0.107. The third-order valence-corrected chi connectivity index (χ3v) is 1.89. The predicted molar refractivity (Wildman–Crippen MR) is 48.1 cm³/mol. The molecule has 0 atom stereocenters. The molecule has 0 radical (unpaired) electrons. The molecule has 0 aliphatic heterocycles. The third-order valence-electron chi connectivity index (χ3n) is 1.89. The zero-order valence-electron chi connectivity index (χ0n) is 6.58. The molecule has 0 fully saturated rings. The molecule has 0 saturated heterocycles. The van der Waals surface area contributed by atoms with E-state index in [4.69, 9.17) is 0 Å². The second-order valence-electron chi connectivity index (χ2n) is 2.75. The normalized spacial score (nSPS) is 10.3. The molecule has 2 nitrogen and oxygen atoms in total. The Morgan fingerprint density at radius 1 is 1.33 bits per heavy atom. The average Bonchev–Trinajstić information content (AvgIpc) is 2.47. The van der Waals surface area contributed by atoms with Crippen molar-refractivity contribution in [3.63, 3.8) is 0 Å². The fourth-order valence-electron chi connectivity index (χ4n) is 1.33. The van der Waals surface area contributed by atoms with Gasteiger partial charge in [-0.2, -0.15) is 0 Å². The van der Waals surface area contributed by atoms with Gasteiger partial charge in [-0.15, -0.1) is 0 Å². The Balaban J connectivity index is 2.54. The van der Waals surface area contributed by atoms with E-state index in [0.717, 1.165) is 22.9 Å². The summed E-state index contributed by atoms with van der Waals surface area (Å²) in [7, 11) is 0. The van der Waals surface area contributed by atoms with Gasteiger partial charge in [0.05, 0.1) is 0 Å². The Morgan fingerprint density at radius 3 is 2.92 bits per heavy atom. The van der Waals surface area contributed by atoms with Gasteiger partial charge in [0.1, 0.15) is 6.29 Å². The SMILES string of the molecule is O=CCc1cc2ccccc2[nH]1. The van der Waals surface area contributed by atoms with Gasteiger partial charge in [0.25, 0.3) is 0 Å². The number of hydrogen-bond donors (Lipinski definition) is 1. The first-order valence-corrected chi connectivity index (χ1v) is 3.90. The highest BCUT2D eigenvalue weighted by atomic mass is 16.1. The van der Waals surface area contributed by atoms with E-state index in [1.165, 1.54) is 0 Å². The first-order chi connectivity index (χ1) is 5.90. The zero-order valence-corrected chi connectivity index (χ0v) is 6.58. The van der Waals surface area contributed by atoms with Gasteiger partial charge in [0.15, 0.2) is 0 Å². The number of carbonyl (C=O) groups excluding carboxylic acids is 1. The van der Waals surface area contributed by atoms with Crippen molar-refractivity contribution >= 4 is 17.2 Å². The molecular formula is C10H9NO. The third kappa shape index (κ3) is 1.11. The summed E-state index contributed by atoms with van der Waals surface area (Å²) >= 11 is 0. The Kier molecular flexibility index (Phi) is 1.67. The van der Waals surface area contributed by atoms with Gasteiger partial charge < -0.3 is 9.78 Å². The maximum absolute atomic E-state index is 10.2. The van der Waals surface area contributed by atoms with Gasteiger partial charge in [-0.3, -0.25) is 0 Å². The Labute approximate surface area is 70.2 Å². The summed E-state index contributed by atoms with van der Waals surface area (Å²) in [5.74, 6) is 0. The predicted octanol–water partition coefficient (Wildman–Crippen LogP) is 1.91. The van der Waals surface area contributed by atoms with Crippen LogP contribution >= 0.6 is 0 Å². The second kappa shape index (κ2) is 2.81. The van der Waals surface area contributed by atoms with Crippen molar-refractivity contribution in [1.29, 1.82) is 0 Å². The number of hydrogen-bond acceptors (Lipinski definition) is 1. The van der Waals surface area contributed by atoms with Crippen LogP contribution in [0.2, 0.25) is 0 Å². The minimum atomic E-state index is 0.467. The molecule has 1 heterocycles. The van der Waals surface area contributed by atoms with Gasteiger partial charge in [0.2, 0.25) is 0 Å². The highest BCUT2D eigenvalue weighted by Crippen LogP contribution is 2.14. The van der Waals surface area contributed by atoms with Gasteiger partial charge in [-0.1, -0.05) is 18.2 Å². The maximum atomic E-state index is 10.2. The molecule has 0 unspecified atom stereocenters. The van der Waals surface area contributed by atoms with E-state index in [9.17, 15) is 4.79 Å². The smallest absolute Gasteiger partial charge is 0.125 e. The maximum Gasteiger partial charge on any atom is 0.125 e. The molecule has 2 heteroatoms. The summed E-state index contributed by atoms with van der Waals surface area (Å²) in [4.78, 5) is 13.4. The lowest BCUT2D eigenvalue weighted by atomic mass is 10.2. The number of aldehydes is 1. The summed E-state index contributed by atoms with van der Waals surface area (Å²) in [6.45, 7) is 0. The largest absolute Gasteiger partial charge is 0.358 e. The van der Waals surface area contributed by atoms with Crippen LogP contribution in [0.5, 0.6) is 0 Å². The highest BCUT2D eigenvalue weighted by Gasteiger charge is 1.97. The number of H-pyrrole nitrogens is 1. The number of aromatic nitrogens is 1. The molecule has 0 bridgehead atoms. The number of para-hydroxylation sites is 1. The van der Waals surface area contributed by atoms with Crippen molar-refractivity contribution in [3.8, 4) is 0 Å². The molecule has 1 aromatic carbocycles. The molecule has 1 aromatic heterocycles. The average molecular weight is 159 g/mol. The van der Waals surface area contributed by atoms with Gasteiger partial charge in [-0.05, 0) is 17.5 Å². The lowest BCUT2D eigenvalue weighted by Gasteiger charge is -1.84. The lowest BCUT2D eigenvalue weighted by Crippen LogP contribution is -1.83. The van der Waals surface area contributed by atoms with Crippen LogP contribution in [0.1, 0.15) is 5.69 Å². The minimum Gasteiger partial charge on any atom is -0.358 e. The standard InChI is InChI=1S/C10H9NO/c12-6-5-9-7-8-3-1-2-4-10(8)11-9/h1-4,6-7,11H,5H2. The molecule has 60 valence electrons. The monoisotopic (exact) mass is 159 g/mol. The van der Waals surface area contributed by atoms with Crippen molar-refractivity contribution in [2.24, 2.45) is 0 Å². The summed E-state index contributed by atoms with van der Waals surface area (Å²) < 4.78 is 0. The fourth-order valence-corrected chi connectivity index (χ4v) is 1.33. The van der Waals surface area contributed by atoms with Crippen LogP contribution in [0.4, 0.5) is 0 Å². The number of carbonyl (C=O) groups is 1. The van der Waals surface area contributed by atoms with Crippen LogP contribution in [-0.4, -0.2) is 11.3 Å². The van der Waals surface area contributed by atoms with Crippen molar-refractivity contribution in [2.45, 2.75) is 6.42 Å². The molecule has 0 amide bonds. The summed E-state index contributed by atoms with van der Waals surface area (Å²) in [5.41, 5.74) is 2.07.